The van der Waals surface area contributed by atoms with E-state index in [2.05, 4.69) is 25.3 Å². The van der Waals surface area contributed by atoms with Crippen molar-refractivity contribution in [2.24, 2.45) is 11.8 Å². The molecule has 0 heterocycles. The van der Waals surface area contributed by atoms with Crippen LogP contribution in [0.25, 0.3) is 0 Å². The van der Waals surface area contributed by atoms with Crippen LogP contribution in [0.5, 0.6) is 11.5 Å². The molecule has 0 aliphatic carbocycles. The van der Waals surface area contributed by atoms with E-state index >= 15 is 0 Å². The number of hydrogen-bond acceptors (Lipinski definition) is 4. The third-order valence-corrected chi connectivity index (χ3v) is 3.51. The lowest BCUT2D eigenvalue weighted by Crippen LogP contribution is -2.29. The SMILES string of the molecule is CCOc1ccc(C(CC(C)CC)NN)cc1OCC. The molecular weight excluding hydrogens is 252 g/mol. The van der Waals surface area contributed by atoms with Gasteiger partial charge in [-0.2, -0.15) is 0 Å². The summed E-state index contributed by atoms with van der Waals surface area (Å²) in [5, 5.41) is 0. The number of benzene rings is 1. The summed E-state index contributed by atoms with van der Waals surface area (Å²) >= 11 is 0. The molecule has 0 fully saturated rings. The van der Waals surface area contributed by atoms with Crippen molar-refractivity contribution in [2.75, 3.05) is 13.2 Å². The van der Waals surface area contributed by atoms with Gasteiger partial charge in [0.2, 0.25) is 0 Å². The van der Waals surface area contributed by atoms with Crippen LogP contribution in [0.2, 0.25) is 0 Å². The number of rotatable bonds is 9. The molecule has 3 N–H and O–H groups in total. The average Bonchev–Trinajstić information content (AvgIpc) is 2.46. The average molecular weight is 280 g/mol. The minimum Gasteiger partial charge on any atom is -0.490 e. The first-order chi connectivity index (χ1) is 9.65. The Hall–Kier alpha value is -1.26. The van der Waals surface area contributed by atoms with Crippen LogP contribution in [0.3, 0.4) is 0 Å². The lowest BCUT2D eigenvalue weighted by molar-refractivity contribution is 0.286. The van der Waals surface area contributed by atoms with Gasteiger partial charge in [-0.3, -0.25) is 11.3 Å². The van der Waals surface area contributed by atoms with Crippen molar-refractivity contribution >= 4 is 0 Å². The predicted octanol–water partition coefficient (Wildman–Crippen LogP) is 3.42. The largest absolute Gasteiger partial charge is 0.490 e. The molecular formula is C16H28N2O2. The molecule has 0 aromatic heterocycles. The molecule has 0 aliphatic heterocycles. The number of nitrogens with one attached hydrogen (secondary N) is 1. The smallest absolute Gasteiger partial charge is 0.161 e. The highest BCUT2D eigenvalue weighted by Gasteiger charge is 2.15. The van der Waals surface area contributed by atoms with Crippen molar-refractivity contribution < 1.29 is 9.47 Å². The fourth-order valence-corrected chi connectivity index (χ4v) is 2.15. The van der Waals surface area contributed by atoms with Gasteiger partial charge in [0.1, 0.15) is 0 Å². The van der Waals surface area contributed by atoms with Gasteiger partial charge in [0.05, 0.1) is 13.2 Å². The van der Waals surface area contributed by atoms with Gasteiger partial charge >= 0.3 is 0 Å². The third-order valence-electron chi connectivity index (χ3n) is 3.51. The number of nitrogens with two attached hydrogens (primary N) is 1. The topological polar surface area (TPSA) is 56.5 Å². The first-order valence-electron chi connectivity index (χ1n) is 7.51. The molecule has 0 spiro atoms. The van der Waals surface area contributed by atoms with Crippen LogP contribution in [0.4, 0.5) is 0 Å². The summed E-state index contributed by atoms with van der Waals surface area (Å²) in [5.74, 6) is 7.91. The van der Waals surface area contributed by atoms with E-state index in [0.29, 0.717) is 19.1 Å². The zero-order valence-corrected chi connectivity index (χ0v) is 13.1. The van der Waals surface area contributed by atoms with Gasteiger partial charge in [0.15, 0.2) is 11.5 Å². The van der Waals surface area contributed by atoms with Gasteiger partial charge in [-0.05, 0) is 43.9 Å². The Morgan fingerprint density at radius 3 is 2.30 bits per heavy atom. The molecule has 2 atom stereocenters. The Kier molecular flexibility index (Phi) is 7.41. The van der Waals surface area contributed by atoms with Crippen molar-refractivity contribution in [1.29, 1.82) is 0 Å². The van der Waals surface area contributed by atoms with Crippen molar-refractivity contribution in [3.63, 3.8) is 0 Å². The highest BCUT2D eigenvalue weighted by Crippen LogP contribution is 2.32. The maximum absolute atomic E-state index is 5.71. The molecule has 0 saturated heterocycles. The quantitative estimate of drug-likeness (QED) is 0.537. The van der Waals surface area contributed by atoms with Gasteiger partial charge < -0.3 is 9.47 Å². The van der Waals surface area contributed by atoms with Crippen molar-refractivity contribution in [1.82, 2.24) is 5.43 Å². The second kappa shape index (κ2) is 8.82. The molecule has 1 rings (SSSR count). The molecule has 4 nitrogen and oxygen atoms in total. The summed E-state index contributed by atoms with van der Waals surface area (Å²) in [5.41, 5.74) is 4.05. The summed E-state index contributed by atoms with van der Waals surface area (Å²) in [6.07, 6.45) is 2.15. The van der Waals surface area contributed by atoms with E-state index in [4.69, 9.17) is 15.3 Å². The third kappa shape index (κ3) is 4.69. The van der Waals surface area contributed by atoms with E-state index < -0.39 is 0 Å². The summed E-state index contributed by atoms with van der Waals surface area (Å²) in [4.78, 5) is 0. The molecule has 0 radical (unpaired) electrons. The molecule has 0 saturated carbocycles. The van der Waals surface area contributed by atoms with E-state index in [1.54, 1.807) is 0 Å². The van der Waals surface area contributed by atoms with E-state index in [1.807, 2.05) is 26.0 Å². The monoisotopic (exact) mass is 280 g/mol. The van der Waals surface area contributed by atoms with Gasteiger partial charge in [0.25, 0.3) is 0 Å². The number of hydrazine groups is 1. The van der Waals surface area contributed by atoms with Crippen LogP contribution >= 0.6 is 0 Å². The fraction of sp³-hybridized carbons (Fsp3) is 0.625. The van der Waals surface area contributed by atoms with Crippen LogP contribution in [-0.4, -0.2) is 13.2 Å². The summed E-state index contributed by atoms with van der Waals surface area (Å²) < 4.78 is 11.2. The molecule has 4 heteroatoms. The highest BCUT2D eigenvalue weighted by atomic mass is 16.5. The lowest BCUT2D eigenvalue weighted by atomic mass is 9.94. The maximum Gasteiger partial charge on any atom is 0.161 e. The summed E-state index contributed by atoms with van der Waals surface area (Å²) in [6.45, 7) is 9.63. The zero-order chi connectivity index (χ0) is 15.0. The Labute approximate surface area is 122 Å². The van der Waals surface area contributed by atoms with E-state index in [9.17, 15) is 0 Å². The predicted molar refractivity (Wildman–Crippen MR) is 82.9 cm³/mol. The molecule has 2 unspecified atom stereocenters. The first kappa shape index (κ1) is 16.8. The van der Waals surface area contributed by atoms with Crippen LogP contribution < -0.4 is 20.7 Å². The number of hydrogen-bond donors (Lipinski definition) is 2. The van der Waals surface area contributed by atoms with Crippen LogP contribution in [-0.2, 0) is 0 Å². The van der Waals surface area contributed by atoms with E-state index in [-0.39, 0.29) is 6.04 Å². The van der Waals surface area contributed by atoms with Crippen LogP contribution in [0.15, 0.2) is 18.2 Å². The fourth-order valence-electron chi connectivity index (χ4n) is 2.15. The highest BCUT2D eigenvalue weighted by molar-refractivity contribution is 5.44. The molecule has 0 amide bonds. The second-order valence-corrected chi connectivity index (χ2v) is 5.04. The van der Waals surface area contributed by atoms with Crippen molar-refractivity contribution in [2.45, 2.75) is 46.6 Å². The van der Waals surface area contributed by atoms with Gasteiger partial charge in [-0.1, -0.05) is 26.3 Å². The first-order valence-corrected chi connectivity index (χ1v) is 7.51. The molecule has 0 aliphatic rings. The molecule has 0 bridgehead atoms. The Morgan fingerprint density at radius 1 is 1.10 bits per heavy atom. The molecule has 114 valence electrons. The van der Waals surface area contributed by atoms with Crippen molar-refractivity contribution in [3.05, 3.63) is 23.8 Å². The molecule has 1 aromatic rings. The molecule has 1 aromatic carbocycles. The Bertz CT molecular complexity index is 396. The Balaban J connectivity index is 2.95. The lowest BCUT2D eigenvalue weighted by Gasteiger charge is -2.21. The van der Waals surface area contributed by atoms with Gasteiger partial charge in [-0.15, -0.1) is 0 Å². The summed E-state index contributed by atoms with van der Waals surface area (Å²) in [7, 11) is 0. The van der Waals surface area contributed by atoms with Crippen LogP contribution in [0, 0.1) is 5.92 Å². The zero-order valence-electron chi connectivity index (χ0n) is 13.1. The standard InChI is InChI=1S/C16H28N2O2/c1-5-12(4)10-14(18-17)13-8-9-15(19-6-2)16(11-13)20-7-3/h8-9,11-12,14,18H,5-7,10,17H2,1-4H3. The van der Waals surface area contributed by atoms with Crippen LogP contribution in [0.1, 0.15) is 52.1 Å². The van der Waals surface area contributed by atoms with Gasteiger partial charge in [-0.25, -0.2) is 0 Å². The minimum absolute atomic E-state index is 0.139. The van der Waals surface area contributed by atoms with E-state index in [0.717, 1.165) is 29.9 Å². The second-order valence-electron chi connectivity index (χ2n) is 5.04. The van der Waals surface area contributed by atoms with E-state index in [1.165, 1.54) is 0 Å². The number of ether oxygens (including phenoxy) is 2. The van der Waals surface area contributed by atoms with Crippen molar-refractivity contribution in [3.8, 4) is 11.5 Å². The maximum atomic E-state index is 5.71. The molecule has 20 heavy (non-hydrogen) atoms. The van der Waals surface area contributed by atoms with Gasteiger partial charge in [0, 0.05) is 6.04 Å². The minimum atomic E-state index is 0.139. The Morgan fingerprint density at radius 2 is 1.75 bits per heavy atom. The normalized spacial score (nSPS) is 13.8. The summed E-state index contributed by atoms with van der Waals surface area (Å²) in [6, 6.07) is 6.19.